The molecular formula is C20H25N7O3S. The standard InChI is InChI=1S/C13H15N3O3S.C7H10N4/c1-7(2)9-10-11(13(18)16(15-9)3-4-17)20-12(14-10)8-5-19-6-8;1-10-6-2-3-7(9)11(4-6)5-8/h4,7-8H,3,5-6H2,1-2H3;2-5,8-10H,1H3. The number of fused-ring (bicyclic) bond motifs is 1. The Kier molecular flexibility index (Phi) is 7.08. The third-order valence-electron chi connectivity index (χ3n) is 4.73. The first kappa shape index (κ1) is 22.5. The molecule has 0 saturated carbocycles. The third-order valence-corrected chi connectivity index (χ3v) is 5.94. The molecule has 4 rings (SSSR count). The number of hydrogen-bond acceptors (Lipinski definition) is 9. The van der Waals surface area contributed by atoms with Crippen LogP contribution in [0.3, 0.4) is 0 Å². The van der Waals surface area contributed by atoms with Crippen LogP contribution < -0.4 is 16.4 Å². The van der Waals surface area contributed by atoms with Gasteiger partial charge in [0.05, 0.1) is 36.9 Å². The summed E-state index contributed by atoms with van der Waals surface area (Å²) in [5.41, 5.74) is 2.41. The Morgan fingerprint density at radius 3 is 2.68 bits per heavy atom. The molecule has 11 heteroatoms. The van der Waals surface area contributed by atoms with Crippen LogP contribution in [0.5, 0.6) is 0 Å². The number of anilines is 1. The molecule has 0 bridgehead atoms. The van der Waals surface area contributed by atoms with Crippen LogP contribution in [0.1, 0.15) is 36.4 Å². The average Bonchev–Trinajstić information content (AvgIpc) is 3.14. The van der Waals surface area contributed by atoms with Gasteiger partial charge in [-0.05, 0) is 18.1 Å². The minimum absolute atomic E-state index is 0.0196. The summed E-state index contributed by atoms with van der Waals surface area (Å²) in [6.45, 7) is 5.31. The van der Waals surface area contributed by atoms with E-state index in [1.165, 1.54) is 20.6 Å². The molecule has 31 heavy (non-hydrogen) atoms. The summed E-state index contributed by atoms with van der Waals surface area (Å²) in [4.78, 5) is 27.6. The topological polar surface area (TPSA) is 139 Å². The van der Waals surface area contributed by atoms with Crippen molar-refractivity contribution in [2.45, 2.75) is 32.2 Å². The number of hydrogen-bond donors (Lipinski definition) is 3. The van der Waals surface area contributed by atoms with Crippen LogP contribution in [0.4, 0.5) is 5.69 Å². The predicted molar refractivity (Wildman–Crippen MR) is 119 cm³/mol. The van der Waals surface area contributed by atoms with Crippen molar-refractivity contribution in [1.82, 2.24) is 19.3 Å². The Morgan fingerprint density at radius 1 is 1.39 bits per heavy atom. The van der Waals surface area contributed by atoms with Crippen molar-refractivity contribution in [3.63, 3.8) is 0 Å². The zero-order chi connectivity index (χ0) is 22.5. The molecular weight excluding hydrogens is 418 g/mol. The normalized spacial score (nSPS) is 13.4. The van der Waals surface area contributed by atoms with Crippen molar-refractivity contribution >= 4 is 39.9 Å². The molecule has 0 aliphatic carbocycles. The van der Waals surface area contributed by atoms with E-state index in [0.29, 0.717) is 35.2 Å². The summed E-state index contributed by atoms with van der Waals surface area (Å²) in [7, 11) is 1.80. The lowest BCUT2D eigenvalue weighted by molar-refractivity contribution is -0.108. The van der Waals surface area contributed by atoms with Gasteiger partial charge in [-0.25, -0.2) is 9.67 Å². The van der Waals surface area contributed by atoms with Crippen molar-refractivity contribution in [3.05, 3.63) is 44.9 Å². The maximum absolute atomic E-state index is 12.3. The summed E-state index contributed by atoms with van der Waals surface area (Å²) in [6, 6.07) is 3.43. The molecule has 1 fully saturated rings. The molecule has 0 unspecified atom stereocenters. The van der Waals surface area contributed by atoms with Gasteiger partial charge in [0.25, 0.3) is 5.56 Å². The molecule has 3 aromatic rings. The smallest absolute Gasteiger partial charge is 0.286 e. The van der Waals surface area contributed by atoms with Gasteiger partial charge in [-0.1, -0.05) is 13.8 Å². The number of carbonyl (C=O) groups excluding carboxylic acids is 1. The van der Waals surface area contributed by atoms with E-state index in [9.17, 15) is 9.59 Å². The lowest BCUT2D eigenvalue weighted by Gasteiger charge is -2.23. The highest BCUT2D eigenvalue weighted by molar-refractivity contribution is 7.18. The molecule has 0 atom stereocenters. The number of ether oxygens (including phenoxy) is 1. The van der Waals surface area contributed by atoms with Crippen molar-refractivity contribution in [1.29, 1.82) is 10.8 Å². The highest BCUT2D eigenvalue weighted by Crippen LogP contribution is 2.32. The summed E-state index contributed by atoms with van der Waals surface area (Å²) in [5, 5.41) is 22.4. The Hall–Kier alpha value is -3.18. The summed E-state index contributed by atoms with van der Waals surface area (Å²) in [6.07, 6.45) is 3.48. The molecule has 0 spiro atoms. The van der Waals surface area contributed by atoms with E-state index in [2.05, 4.69) is 15.4 Å². The second-order valence-electron chi connectivity index (χ2n) is 7.25. The predicted octanol–water partition coefficient (Wildman–Crippen LogP) is 1.75. The number of nitrogens with zero attached hydrogens (tertiary/aromatic N) is 4. The maximum atomic E-state index is 12.3. The minimum atomic E-state index is -0.236. The monoisotopic (exact) mass is 443 g/mol. The van der Waals surface area contributed by atoms with Crippen molar-refractivity contribution in [2.24, 2.45) is 0 Å². The Morgan fingerprint density at radius 2 is 2.13 bits per heavy atom. The Balaban J connectivity index is 0.000000210. The zero-order valence-corrected chi connectivity index (χ0v) is 18.4. The van der Waals surface area contributed by atoms with Crippen LogP contribution in [0, 0.1) is 10.8 Å². The SMILES string of the molecule is CC(C)c1nn(CC=O)c(=O)c2sc(C3COC3)nc12.CNc1ccc(=N)n(C=N)c1. The number of aldehydes is 1. The van der Waals surface area contributed by atoms with Crippen LogP contribution in [0.2, 0.25) is 0 Å². The van der Waals surface area contributed by atoms with E-state index < -0.39 is 0 Å². The number of rotatable bonds is 6. The molecule has 1 saturated heterocycles. The molecule has 164 valence electrons. The van der Waals surface area contributed by atoms with Gasteiger partial charge in [-0.2, -0.15) is 5.10 Å². The number of carbonyl (C=O) groups is 1. The Bertz CT molecular complexity index is 1210. The van der Waals surface area contributed by atoms with Gasteiger partial charge < -0.3 is 14.8 Å². The fourth-order valence-corrected chi connectivity index (χ4v) is 3.99. The van der Waals surface area contributed by atoms with Crippen molar-refractivity contribution < 1.29 is 9.53 Å². The summed E-state index contributed by atoms with van der Waals surface area (Å²) >= 11 is 1.40. The van der Waals surface area contributed by atoms with E-state index in [0.717, 1.165) is 22.7 Å². The van der Waals surface area contributed by atoms with E-state index in [4.69, 9.17) is 15.6 Å². The van der Waals surface area contributed by atoms with Crippen LogP contribution in [0.15, 0.2) is 23.1 Å². The number of nitrogens with one attached hydrogen (secondary N) is 3. The molecule has 10 nitrogen and oxygen atoms in total. The number of thiazole rings is 1. The minimum Gasteiger partial charge on any atom is -0.387 e. The second kappa shape index (κ2) is 9.75. The quantitative estimate of drug-likeness (QED) is 0.301. The lowest BCUT2D eigenvalue weighted by Crippen LogP contribution is -2.25. The average molecular weight is 444 g/mol. The van der Waals surface area contributed by atoms with Gasteiger partial charge in [-0.15, -0.1) is 11.3 Å². The summed E-state index contributed by atoms with van der Waals surface area (Å²) in [5.74, 6) is 0.426. The maximum Gasteiger partial charge on any atom is 0.286 e. The van der Waals surface area contributed by atoms with Gasteiger partial charge in [0.1, 0.15) is 33.5 Å². The molecule has 4 heterocycles. The van der Waals surface area contributed by atoms with Crippen LogP contribution in [-0.2, 0) is 16.1 Å². The molecule has 0 radical (unpaired) electrons. The molecule has 1 aliphatic rings. The van der Waals surface area contributed by atoms with E-state index in [1.54, 1.807) is 25.4 Å². The number of pyridine rings is 1. The fourth-order valence-electron chi connectivity index (χ4n) is 2.90. The van der Waals surface area contributed by atoms with E-state index in [-0.39, 0.29) is 23.9 Å². The van der Waals surface area contributed by atoms with Gasteiger partial charge in [0, 0.05) is 13.2 Å². The van der Waals surface area contributed by atoms with Crippen LogP contribution >= 0.6 is 11.3 Å². The molecule has 3 aromatic heterocycles. The van der Waals surface area contributed by atoms with Crippen molar-refractivity contribution in [2.75, 3.05) is 25.6 Å². The van der Waals surface area contributed by atoms with Gasteiger partial charge in [0.2, 0.25) is 0 Å². The zero-order valence-electron chi connectivity index (χ0n) is 17.6. The molecule has 0 aromatic carbocycles. The number of aromatic nitrogens is 4. The molecule has 0 amide bonds. The van der Waals surface area contributed by atoms with Crippen LogP contribution in [0.25, 0.3) is 10.2 Å². The van der Waals surface area contributed by atoms with Gasteiger partial charge in [0.15, 0.2) is 0 Å². The highest BCUT2D eigenvalue weighted by Gasteiger charge is 2.26. The summed E-state index contributed by atoms with van der Waals surface area (Å²) < 4.78 is 8.42. The second-order valence-corrected chi connectivity index (χ2v) is 8.28. The van der Waals surface area contributed by atoms with Gasteiger partial charge in [-0.3, -0.25) is 20.2 Å². The van der Waals surface area contributed by atoms with Gasteiger partial charge >= 0.3 is 0 Å². The first-order valence-corrected chi connectivity index (χ1v) is 10.6. The fraction of sp³-hybridized carbons (Fsp3) is 0.400. The largest absolute Gasteiger partial charge is 0.387 e. The highest BCUT2D eigenvalue weighted by atomic mass is 32.1. The Labute approximate surface area is 182 Å². The first-order chi connectivity index (χ1) is 14.9. The molecule has 1 aliphatic heterocycles. The lowest BCUT2D eigenvalue weighted by atomic mass is 10.1. The van der Waals surface area contributed by atoms with Crippen molar-refractivity contribution in [3.8, 4) is 0 Å². The molecule has 3 N–H and O–H groups in total. The van der Waals surface area contributed by atoms with E-state index >= 15 is 0 Å². The van der Waals surface area contributed by atoms with Crippen LogP contribution in [-0.4, -0.2) is 52.2 Å². The first-order valence-electron chi connectivity index (χ1n) is 9.77. The third kappa shape index (κ3) is 4.78. The van der Waals surface area contributed by atoms with E-state index in [1.807, 2.05) is 13.8 Å².